The summed E-state index contributed by atoms with van der Waals surface area (Å²) in [7, 11) is 0. The highest BCUT2D eigenvalue weighted by atomic mass is 16.5. The van der Waals surface area contributed by atoms with Crippen molar-refractivity contribution in [2.24, 2.45) is 5.92 Å². The van der Waals surface area contributed by atoms with Gasteiger partial charge in [0, 0.05) is 25.1 Å². The fraction of sp³-hybridized carbons (Fsp3) is 0.600. The third kappa shape index (κ3) is 3.71. The molecule has 5 heteroatoms. The van der Waals surface area contributed by atoms with Crippen molar-refractivity contribution in [3.63, 3.8) is 0 Å². The number of anilines is 1. The van der Waals surface area contributed by atoms with Gasteiger partial charge in [0.15, 0.2) is 11.9 Å². The van der Waals surface area contributed by atoms with Crippen molar-refractivity contribution in [3.8, 4) is 5.75 Å². The van der Waals surface area contributed by atoms with Crippen LogP contribution < -0.4 is 9.64 Å². The summed E-state index contributed by atoms with van der Waals surface area (Å²) in [5, 5.41) is 0. The Kier molecular flexibility index (Phi) is 5.42. The van der Waals surface area contributed by atoms with Crippen molar-refractivity contribution in [2.75, 3.05) is 31.1 Å². The summed E-state index contributed by atoms with van der Waals surface area (Å²) in [6.07, 6.45) is 2.46. The molecule has 0 spiro atoms. The number of ketones is 1. The maximum atomic E-state index is 13.0. The number of ether oxygens (including phenoxy) is 1. The second-order valence-corrected chi connectivity index (χ2v) is 7.28. The SMILES string of the molecule is CCC(=O)c1ccc2c(c1)N(CCN1CCCC1)C(=O)C(C(C)C)O2. The van der Waals surface area contributed by atoms with Crippen molar-refractivity contribution < 1.29 is 14.3 Å². The summed E-state index contributed by atoms with van der Waals surface area (Å²) < 4.78 is 5.96. The van der Waals surface area contributed by atoms with Crippen LogP contribution in [0.25, 0.3) is 0 Å². The van der Waals surface area contributed by atoms with Gasteiger partial charge < -0.3 is 14.5 Å². The van der Waals surface area contributed by atoms with E-state index in [0.717, 1.165) is 25.3 Å². The summed E-state index contributed by atoms with van der Waals surface area (Å²) >= 11 is 0. The fourth-order valence-corrected chi connectivity index (χ4v) is 3.56. The third-order valence-electron chi connectivity index (χ3n) is 5.10. The molecule has 0 bridgehead atoms. The topological polar surface area (TPSA) is 49.9 Å². The Hall–Kier alpha value is -1.88. The number of amides is 1. The number of hydrogen-bond donors (Lipinski definition) is 0. The number of fused-ring (bicyclic) bond motifs is 1. The maximum Gasteiger partial charge on any atom is 0.268 e. The zero-order valence-electron chi connectivity index (χ0n) is 15.5. The second kappa shape index (κ2) is 7.56. The summed E-state index contributed by atoms with van der Waals surface area (Å²) in [4.78, 5) is 29.3. The molecule has 0 N–H and O–H groups in total. The second-order valence-electron chi connectivity index (χ2n) is 7.28. The normalized spacial score (nSPS) is 20.7. The van der Waals surface area contributed by atoms with Gasteiger partial charge in [0.25, 0.3) is 5.91 Å². The van der Waals surface area contributed by atoms with Gasteiger partial charge in [-0.3, -0.25) is 9.59 Å². The van der Waals surface area contributed by atoms with E-state index in [1.54, 1.807) is 6.07 Å². The Bertz CT molecular complexity index is 650. The molecular formula is C20H28N2O3. The van der Waals surface area contributed by atoms with Crippen LogP contribution in [-0.2, 0) is 4.79 Å². The zero-order valence-corrected chi connectivity index (χ0v) is 15.5. The predicted octanol–water partition coefficient (Wildman–Crippen LogP) is 3.13. The highest BCUT2D eigenvalue weighted by molar-refractivity contribution is 6.03. The van der Waals surface area contributed by atoms with Gasteiger partial charge in [0.2, 0.25) is 0 Å². The molecule has 2 aliphatic heterocycles. The molecule has 0 saturated carbocycles. The smallest absolute Gasteiger partial charge is 0.268 e. The molecule has 1 saturated heterocycles. The highest BCUT2D eigenvalue weighted by Crippen LogP contribution is 2.36. The standard InChI is InChI=1S/C20H28N2O3/c1-4-17(23)15-7-8-18-16(13-15)22(12-11-21-9-5-6-10-21)20(24)19(25-18)14(2)3/h7-8,13-14,19H,4-6,9-12H2,1-3H3. The van der Waals surface area contributed by atoms with E-state index in [0.29, 0.717) is 24.3 Å². The Morgan fingerprint density at radius 2 is 1.96 bits per heavy atom. The van der Waals surface area contributed by atoms with Gasteiger partial charge in [0.05, 0.1) is 5.69 Å². The Labute approximate surface area is 149 Å². The lowest BCUT2D eigenvalue weighted by atomic mass is 10.0. The minimum absolute atomic E-state index is 0.00259. The number of carbonyl (C=O) groups excluding carboxylic acids is 2. The van der Waals surface area contributed by atoms with E-state index in [9.17, 15) is 9.59 Å². The number of nitrogens with zero attached hydrogens (tertiary/aromatic N) is 2. The third-order valence-corrected chi connectivity index (χ3v) is 5.10. The first-order valence-corrected chi connectivity index (χ1v) is 9.39. The van der Waals surface area contributed by atoms with Crippen LogP contribution in [0, 0.1) is 5.92 Å². The first kappa shape index (κ1) is 17.9. The molecule has 0 aromatic heterocycles. The zero-order chi connectivity index (χ0) is 18.0. The molecule has 0 radical (unpaired) electrons. The average molecular weight is 344 g/mol. The minimum atomic E-state index is -0.459. The van der Waals surface area contributed by atoms with E-state index < -0.39 is 6.10 Å². The minimum Gasteiger partial charge on any atom is -0.478 e. The van der Waals surface area contributed by atoms with Gasteiger partial charge >= 0.3 is 0 Å². The van der Waals surface area contributed by atoms with E-state index in [-0.39, 0.29) is 17.6 Å². The lowest BCUT2D eigenvalue weighted by Crippen LogP contribution is -2.50. The van der Waals surface area contributed by atoms with Crippen LogP contribution in [0.5, 0.6) is 5.75 Å². The van der Waals surface area contributed by atoms with Crippen LogP contribution >= 0.6 is 0 Å². The molecule has 136 valence electrons. The van der Waals surface area contributed by atoms with E-state index in [2.05, 4.69) is 4.90 Å². The van der Waals surface area contributed by atoms with Crippen molar-refractivity contribution in [2.45, 2.75) is 46.1 Å². The molecule has 25 heavy (non-hydrogen) atoms. The van der Waals surface area contributed by atoms with E-state index in [4.69, 9.17) is 4.74 Å². The van der Waals surface area contributed by atoms with E-state index in [1.165, 1.54) is 12.8 Å². The first-order valence-electron chi connectivity index (χ1n) is 9.39. The fourth-order valence-electron chi connectivity index (χ4n) is 3.56. The number of likely N-dealkylation sites (tertiary alicyclic amines) is 1. The summed E-state index contributed by atoms with van der Waals surface area (Å²) in [5.41, 5.74) is 1.38. The van der Waals surface area contributed by atoms with Crippen LogP contribution in [0.4, 0.5) is 5.69 Å². The quantitative estimate of drug-likeness (QED) is 0.744. The molecule has 1 fully saturated rings. The lowest BCUT2D eigenvalue weighted by Gasteiger charge is -2.37. The van der Waals surface area contributed by atoms with Crippen molar-refractivity contribution in [1.29, 1.82) is 0 Å². The number of benzene rings is 1. The Morgan fingerprint density at radius 3 is 2.60 bits per heavy atom. The molecule has 0 aliphatic carbocycles. The molecule has 2 aliphatic rings. The van der Waals surface area contributed by atoms with Crippen molar-refractivity contribution in [3.05, 3.63) is 23.8 Å². The number of rotatable bonds is 6. The maximum absolute atomic E-state index is 13.0. The first-order chi connectivity index (χ1) is 12.0. The van der Waals surface area contributed by atoms with Gasteiger partial charge in [-0.2, -0.15) is 0 Å². The summed E-state index contributed by atoms with van der Waals surface area (Å²) in [6.45, 7) is 9.57. The monoisotopic (exact) mass is 344 g/mol. The van der Waals surface area contributed by atoms with Gasteiger partial charge in [-0.15, -0.1) is 0 Å². The molecule has 1 unspecified atom stereocenters. The average Bonchev–Trinajstić information content (AvgIpc) is 3.12. The Balaban J connectivity index is 1.89. The summed E-state index contributed by atoms with van der Waals surface area (Å²) in [6, 6.07) is 5.46. The summed E-state index contributed by atoms with van der Waals surface area (Å²) in [5.74, 6) is 0.891. The molecule has 5 nitrogen and oxygen atoms in total. The Morgan fingerprint density at radius 1 is 1.24 bits per heavy atom. The van der Waals surface area contributed by atoms with Gasteiger partial charge in [-0.1, -0.05) is 20.8 Å². The van der Waals surface area contributed by atoms with Crippen LogP contribution in [-0.4, -0.2) is 48.9 Å². The largest absolute Gasteiger partial charge is 0.478 e. The van der Waals surface area contributed by atoms with E-state index >= 15 is 0 Å². The van der Waals surface area contributed by atoms with Crippen molar-refractivity contribution >= 4 is 17.4 Å². The van der Waals surface area contributed by atoms with Gasteiger partial charge in [-0.25, -0.2) is 0 Å². The molecule has 3 rings (SSSR count). The number of carbonyl (C=O) groups is 2. The van der Waals surface area contributed by atoms with Crippen LogP contribution in [0.15, 0.2) is 18.2 Å². The van der Waals surface area contributed by atoms with E-state index in [1.807, 2.05) is 37.8 Å². The van der Waals surface area contributed by atoms with Gasteiger partial charge in [-0.05, 0) is 50.0 Å². The van der Waals surface area contributed by atoms with Crippen LogP contribution in [0.2, 0.25) is 0 Å². The highest BCUT2D eigenvalue weighted by Gasteiger charge is 2.36. The molecule has 1 atom stereocenters. The number of Topliss-reactive ketones (excluding diaryl/α,β-unsaturated/α-hetero) is 1. The van der Waals surface area contributed by atoms with Crippen LogP contribution in [0.1, 0.15) is 50.4 Å². The molecular weight excluding hydrogens is 316 g/mol. The van der Waals surface area contributed by atoms with Crippen molar-refractivity contribution in [1.82, 2.24) is 4.90 Å². The molecule has 2 heterocycles. The van der Waals surface area contributed by atoms with Gasteiger partial charge in [0.1, 0.15) is 5.75 Å². The predicted molar refractivity (Wildman–Crippen MR) is 98.3 cm³/mol. The number of hydrogen-bond acceptors (Lipinski definition) is 4. The molecule has 1 aromatic rings. The van der Waals surface area contributed by atoms with Crippen LogP contribution in [0.3, 0.4) is 0 Å². The lowest BCUT2D eigenvalue weighted by molar-refractivity contribution is -0.128. The molecule has 1 amide bonds. The molecule has 1 aromatic carbocycles.